The molecule has 7 nitrogen and oxygen atoms in total. The van der Waals surface area contributed by atoms with E-state index in [2.05, 4.69) is 56.1 Å². The van der Waals surface area contributed by atoms with Gasteiger partial charge in [-0.15, -0.1) is 10.2 Å². The summed E-state index contributed by atoms with van der Waals surface area (Å²) in [6.07, 6.45) is 0.618. The normalized spacial score (nSPS) is 14.2. The summed E-state index contributed by atoms with van der Waals surface area (Å²) in [6, 6.07) is 14.9. The average molecular weight is 391 g/mol. The fourth-order valence-electron chi connectivity index (χ4n) is 3.58. The van der Waals surface area contributed by atoms with Crippen molar-refractivity contribution in [2.24, 2.45) is 0 Å². The molecule has 2 N–H and O–H groups in total. The average Bonchev–Trinajstić information content (AvgIpc) is 2.75. The van der Waals surface area contributed by atoms with E-state index < -0.39 is 0 Å². The summed E-state index contributed by atoms with van der Waals surface area (Å²) in [5.74, 6) is 0.434. The molecule has 2 heterocycles. The van der Waals surface area contributed by atoms with Crippen LogP contribution in [0.15, 0.2) is 42.5 Å². The molecular weight excluding hydrogens is 366 g/mol. The van der Waals surface area contributed by atoms with Crippen LogP contribution in [-0.2, 0) is 9.53 Å². The Balaban J connectivity index is 1.72. The van der Waals surface area contributed by atoms with E-state index in [-0.39, 0.29) is 6.04 Å². The highest BCUT2D eigenvalue weighted by atomic mass is 16.5. The summed E-state index contributed by atoms with van der Waals surface area (Å²) < 4.78 is 5.46. The second-order valence-electron chi connectivity index (χ2n) is 7.37. The Morgan fingerprint density at radius 2 is 1.86 bits per heavy atom. The summed E-state index contributed by atoms with van der Waals surface area (Å²) in [6.45, 7) is 7.43. The molecule has 1 amide bonds. The van der Waals surface area contributed by atoms with Crippen molar-refractivity contribution in [2.45, 2.75) is 19.9 Å². The number of carbonyl (C=O) groups is 1. The number of amides is 1. The number of rotatable bonds is 6. The van der Waals surface area contributed by atoms with Gasteiger partial charge in [-0.2, -0.15) is 0 Å². The maximum atomic E-state index is 10.9. The Morgan fingerprint density at radius 3 is 2.62 bits per heavy atom. The number of carbonyl (C=O) groups excluding carboxylic acids is 1. The Hall–Kier alpha value is -3.19. The van der Waals surface area contributed by atoms with Gasteiger partial charge in [-0.05, 0) is 49.2 Å². The van der Waals surface area contributed by atoms with Gasteiger partial charge in [-0.3, -0.25) is 4.79 Å². The zero-order valence-corrected chi connectivity index (χ0v) is 16.7. The molecule has 1 aromatic heterocycles. The lowest BCUT2D eigenvalue weighted by Crippen LogP contribution is -2.36. The van der Waals surface area contributed by atoms with E-state index in [9.17, 15) is 4.79 Å². The maximum Gasteiger partial charge on any atom is 0.212 e. The zero-order valence-electron chi connectivity index (χ0n) is 16.7. The molecule has 2 aromatic carbocycles. The number of anilines is 3. The molecule has 0 bridgehead atoms. The van der Waals surface area contributed by atoms with Crippen LogP contribution in [-0.4, -0.2) is 49.0 Å². The molecule has 0 aliphatic carbocycles. The minimum absolute atomic E-state index is 0.194. The molecule has 1 aliphatic heterocycles. The van der Waals surface area contributed by atoms with Crippen molar-refractivity contribution < 1.29 is 9.53 Å². The molecular formula is C22H25N5O2. The zero-order chi connectivity index (χ0) is 20.2. The first-order chi connectivity index (χ1) is 14.2. The lowest BCUT2D eigenvalue weighted by molar-refractivity contribution is -0.105. The molecule has 4 rings (SSSR count). The molecule has 1 saturated heterocycles. The number of nitrogens with zero attached hydrogens (tertiary/aromatic N) is 3. The van der Waals surface area contributed by atoms with Gasteiger partial charge in [0.05, 0.1) is 24.4 Å². The summed E-state index contributed by atoms with van der Waals surface area (Å²) in [7, 11) is 0. The van der Waals surface area contributed by atoms with E-state index in [1.807, 2.05) is 26.0 Å². The smallest absolute Gasteiger partial charge is 0.212 e. The van der Waals surface area contributed by atoms with E-state index in [1.165, 1.54) is 5.69 Å². The predicted octanol–water partition coefficient (Wildman–Crippen LogP) is 3.52. The van der Waals surface area contributed by atoms with Crippen LogP contribution >= 0.6 is 0 Å². The van der Waals surface area contributed by atoms with Crippen LogP contribution in [0.3, 0.4) is 0 Å². The van der Waals surface area contributed by atoms with E-state index in [0.717, 1.165) is 54.0 Å². The van der Waals surface area contributed by atoms with Gasteiger partial charge in [-0.1, -0.05) is 18.2 Å². The third-order valence-electron chi connectivity index (χ3n) is 4.95. The third kappa shape index (κ3) is 4.14. The molecule has 1 fully saturated rings. The second kappa shape index (κ2) is 8.45. The first kappa shape index (κ1) is 19.1. The number of morpholine rings is 1. The predicted molar refractivity (Wildman–Crippen MR) is 116 cm³/mol. The first-order valence-electron chi connectivity index (χ1n) is 9.86. The van der Waals surface area contributed by atoms with Gasteiger partial charge in [0.25, 0.3) is 0 Å². The van der Waals surface area contributed by atoms with E-state index >= 15 is 0 Å². The van der Waals surface area contributed by atoms with Gasteiger partial charge in [0.1, 0.15) is 0 Å². The second-order valence-corrected chi connectivity index (χ2v) is 7.37. The molecule has 0 atom stereocenters. The number of benzene rings is 2. The highest BCUT2D eigenvalue weighted by Crippen LogP contribution is 2.32. The van der Waals surface area contributed by atoms with Gasteiger partial charge < -0.3 is 20.3 Å². The summed E-state index contributed by atoms with van der Waals surface area (Å²) in [5, 5.41) is 15.5. The van der Waals surface area contributed by atoms with Crippen LogP contribution in [0, 0.1) is 0 Å². The Kier molecular flexibility index (Phi) is 5.57. The van der Waals surface area contributed by atoms with Gasteiger partial charge in [0.2, 0.25) is 6.41 Å². The van der Waals surface area contributed by atoms with Crippen LogP contribution in [0.4, 0.5) is 17.2 Å². The van der Waals surface area contributed by atoms with Crippen LogP contribution in [0.1, 0.15) is 13.8 Å². The molecule has 3 aromatic rings. The summed E-state index contributed by atoms with van der Waals surface area (Å²) in [5.41, 5.74) is 4.97. The van der Waals surface area contributed by atoms with Crippen molar-refractivity contribution in [2.75, 3.05) is 41.8 Å². The van der Waals surface area contributed by atoms with Crippen LogP contribution < -0.4 is 15.5 Å². The van der Waals surface area contributed by atoms with Crippen molar-refractivity contribution in [1.82, 2.24) is 10.2 Å². The summed E-state index contributed by atoms with van der Waals surface area (Å²) in [4.78, 5) is 13.3. The standard InChI is InChI=1S/C22H25N5O2/c1-15(2)24-21-19-7-6-17(13-20(19)25-26-22(21)23-14-28)16-4-3-5-18(12-16)27-8-10-29-11-9-27/h3-7,12-15H,8-11H2,1-2H3,(H,24,25)(H,23,26,28). The van der Waals surface area contributed by atoms with Crippen molar-refractivity contribution in [3.63, 3.8) is 0 Å². The molecule has 0 unspecified atom stereocenters. The Morgan fingerprint density at radius 1 is 1.07 bits per heavy atom. The maximum absolute atomic E-state index is 10.9. The molecule has 0 saturated carbocycles. The van der Waals surface area contributed by atoms with Crippen LogP contribution in [0.5, 0.6) is 0 Å². The molecule has 29 heavy (non-hydrogen) atoms. The SMILES string of the molecule is CC(C)Nc1c(NC=O)nnc2cc(-c3cccc(N4CCOCC4)c3)ccc12. The first-order valence-corrected chi connectivity index (χ1v) is 9.86. The van der Waals surface area contributed by atoms with E-state index in [1.54, 1.807) is 0 Å². The molecule has 150 valence electrons. The van der Waals surface area contributed by atoms with Crippen molar-refractivity contribution in [3.8, 4) is 11.1 Å². The third-order valence-corrected chi connectivity index (χ3v) is 4.95. The van der Waals surface area contributed by atoms with Crippen molar-refractivity contribution >= 4 is 34.5 Å². The van der Waals surface area contributed by atoms with Crippen molar-refractivity contribution in [1.29, 1.82) is 0 Å². The highest BCUT2D eigenvalue weighted by molar-refractivity contribution is 5.99. The molecule has 1 aliphatic rings. The fourth-order valence-corrected chi connectivity index (χ4v) is 3.58. The number of hydrogen-bond donors (Lipinski definition) is 2. The van der Waals surface area contributed by atoms with Gasteiger partial charge in [0, 0.05) is 30.2 Å². The quantitative estimate of drug-likeness (QED) is 0.626. The molecule has 0 radical (unpaired) electrons. The molecule has 0 spiro atoms. The number of nitrogens with one attached hydrogen (secondary N) is 2. The minimum atomic E-state index is 0.194. The minimum Gasteiger partial charge on any atom is -0.379 e. The van der Waals surface area contributed by atoms with Gasteiger partial charge >= 0.3 is 0 Å². The van der Waals surface area contributed by atoms with Crippen LogP contribution in [0.2, 0.25) is 0 Å². The lowest BCUT2D eigenvalue weighted by Gasteiger charge is -2.29. The lowest BCUT2D eigenvalue weighted by atomic mass is 10.0. The summed E-state index contributed by atoms with van der Waals surface area (Å²) >= 11 is 0. The monoisotopic (exact) mass is 391 g/mol. The number of aromatic nitrogens is 2. The Bertz CT molecular complexity index is 1020. The van der Waals surface area contributed by atoms with Crippen molar-refractivity contribution in [3.05, 3.63) is 42.5 Å². The molecule has 7 heteroatoms. The highest BCUT2D eigenvalue weighted by Gasteiger charge is 2.14. The largest absolute Gasteiger partial charge is 0.379 e. The van der Waals surface area contributed by atoms with E-state index in [0.29, 0.717) is 12.2 Å². The fraction of sp³-hybridized carbons (Fsp3) is 0.318. The Labute approximate surface area is 170 Å². The topological polar surface area (TPSA) is 79.4 Å². The van der Waals surface area contributed by atoms with Crippen LogP contribution in [0.25, 0.3) is 22.0 Å². The number of hydrogen-bond acceptors (Lipinski definition) is 6. The number of fused-ring (bicyclic) bond motifs is 1. The van der Waals surface area contributed by atoms with Gasteiger partial charge in [0.15, 0.2) is 5.82 Å². The number of ether oxygens (including phenoxy) is 1. The van der Waals surface area contributed by atoms with E-state index in [4.69, 9.17) is 4.74 Å². The van der Waals surface area contributed by atoms with Gasteiger partial charge in [-0.25, -0.2) is 0 Å².